The molecule has 2 nitrogen and oxygen atoms in total. The normalized spacial score (nSPS) is 25.9. The average Bonchev–Trinajstić information content (AvgIpc) is 3.11. The lowest BCUT2D eigenvalue weighted by Gasteiger charge is -2.27. The van der Waals surface area contributed by atoms with Gasteiger partial charge in [0.05, 0.1) is 5.41 Å². The molecule has 0 bridgehead atoms. The van der Waals surface area contributed by atoms with E-state index in [1.165, 1.54) is 33.9 Å². The van der Waals surface area contributed by atoms with Gasteiger partial charge in [-0.15, -0.1) is 13.2 Å². The van der Waals surface area contributed by atoms with Crippen LogP contribution in [-0.4, -0.2) is 24.4 Å². The molecular weight excluding hydrogens is 376 g/mol. The lowest BCUT2D eigenvalue weighted by Crippen LogP contribution is -2.30. The molecule has 4 rings (SSSR count). The minimum atomic E-state index is -0.0724. The van der Waals surface area contributed by atoms with E-state index in [1.807, 2.05) is 12.2 Å². The number of benzene rings is 2. The van der Waals surface area contributed by atoms with Crippen molar-refractivity contribution in [2.75, 3.05) is 19.0 Å². The smallest absolute Gasteiger partial charge is 0.209 e. The number of fused-ring (bicyclic) bond motifs is 2. The molecule has 0 saturated carbocycles. The van der Waals surface area contributed by atoms with Gasteiger partial charge in [0.2, 0.25) is 5.69 Å². The standard InChI is InChI=1S/C29H33N2/c1-7-20-28(3)22-14-9-11-16-24(22)30(5)26(28)18-13-19-27-29(4,21-8-2)23-15-10-12-17-25(23)31(27)6/h7-19H,1-2,20-21H2,3-6H3/q+1. The molecule has 2 unspecified atom stereocenters. The fourth-order valence-corrected chi connectivity index (χ4v) is 5.57. The molecule has 0 N–H and O–H groups in total. The molecule has 2 aliphatic rings. The van der Waals surface area contributed by atoms with Gasteiger partial charge in [0.1, 0.15) is 7.05 Å². The third kappa shape index (κ3) is 3.13. The quantitative estimate of drug-likeness (QED) is 0.381. The zero-order valence-corrected chi connectivity index (χ0v) is 19.2. The molecule has 0 radical (unpaired) electrons. The third-order valence-corrected chi connectivity index (χ3v) is 7.19. The van der Waals surface area contributed by atoms with Crippen LogP contribution in [0.3, 0.4) is 0 Å². The van der Waals surface area contributed by atoms with Crippen LogP contribution in [0.25, 0.3) is 0 Å². The first kappa shape index (κ1) is 21.1. The molecule has 2 aromatic rings. The SMILES string of the molecule is C=CCC1(C)C(/C=C/C=C2/N(C)c3ccccc3C2(C)CC=C)=[N+](C)c2ccccc21. The van der Waals surface area contributed by atoms with E-state index >= 15 is 0 Å². The number of hydrogen-bond donors (Lipinski definition) is 0. The van der Waals surface area contributed by atoms with Crippen LogP contribution in [0.4, 0.5) is 11.4 Å². The lowest BCUT2D eigenvalue weighted by atomic mass is 9.76. The molecule has 0 amide bonds. The Labute approximate surface area is 187 Å². The summed E-state index contributed by atoms with van der Waals surface area (Å²) < 4.78 is 2.32. The predicted octanol–water partition coefficient (Wildman–Crippen LogP) is 6.67. The Morgan fingerprint density at radius 3 is 2.23 bits per heavy atom. The first-order valence-corrected chi connectivity index (χ1v) is 11.0. The monoisotopic (exact) mass is 409 g/mol. The van der Waals surface area contributed by atoms with Gasteiger partial charge >= 0.3 is 0 Å². The Morgan fingerprint density at radius 2 is 1.52 bits per heavy atom. The Balaban J connectivity index is 1.76. The van der Waals surface area contributed by atoms with Crippen LogP contribution in [0.5, 0.6) is 0 Å². The van der Waals surface area contributed by atoms with Crippen LogP contribution in [0.15, 0.2) is 97.8 Å². The van der Waals surface area contributed by atoms with Crippen LogP contribution in [-0.2, 0) is 10.8 Å². The van der Waals surface area contributed by atoms with Gasteiger partial charge in [-0.3, -0.25) is 0 Å². The number of likely N-dealkylation sites (N-methyl/N-ethyl adjacent to an activating group) is 1. The van der Waals surface area contributed by atoms with Crippen molar-refractivity contribution >= 4 is 17.1 Å². The first-order valence-electron chi connectivity index (χ1n) is 11.0. The summed E-state index contributed by atoms with van der Waals surface area (Å²) in [7, 11) is 4.33. The van der Waals surface area contributed by atoms with Crippen molar-refractivity contribution in [1.29, 1.82) is 0 Å². The van der Waals surface area contributed by atoms with Gasteiger partial charge in [0.25, 0.3) is 0 Å². The number of nitrogens with zero attached hydrogens (tertiary/aromatic N) is 2. The average molecular weight is 410 g/mol. The highest BCUT2D eigenvalue weighted by molar-refractivity contribution is 6.03. The van der Waals surface area contributed by atoms with E-state index in [9.17, 15) is 0 Å². The van der Waals surface area contributed by atoms with Crippen molar-refractivity contribution < 1.29 is 4.58 Å². The maximum atomic E-state index is 4.03. The molecule has 2 atom stereocenters. The fourth-order valence-electron chi connectivity index (χ4n) is 5.57. The Bertz CT molecular complexity index is 1130. The molecule has 0 saturated heterocycles. The number of anilines is 1. The Hall–Kier alpha value is -3.13. The molecule has 2 heterocycles. The Kier molecular flexibility index (Phi) is 5.35. The topological polar surface area (TPSA) is 6.25 Å². The van der Waals surface area contributed by atoms with Crippen molar-refractivity contribution in [3.8, 4) is 0 Å². The summed E-state index contributed by atoms with van der Waals surface area (Å²) in [6.07, 6.45) is 12.7. The molecule has 2 heteroatoms. The molecule has 31 heavy (non-hydrogen) atoms. The highest BCUT2D eigenvalue weighted by Crippen LogP contribution is 2.49. The number of hydrogen-bond acceptors (Lipinski definition) is 1. The summed E-state index contributed by atoms with van der Waals surface area (Å²) in [6.45, 7) is 12.7. The van der Waals surface area contributed by atoms with Gasteiger partial charge < -0.3 is 4.90 Å². The summed E-state index contributed by atoms with van der Waals surface area (Å²) in [4.78, 5) is 2.32. The summed E-state index contributed by atoms with van der Waals surface area (Å²) in [6, 6.07) is 17.4. The molecular formula is C29H33N2+. The molecule has 0 aliphatic carbocycles. The highest BCUT2D eigenvalue weighted by atomic mass is 15.2. The van der Waals surface area contributed by atoms with Crippen LogP contribution in [0.1, 0.15) is 37.8 Å². The van der Waals surface area contributed by atoms with Gasteiger partial charge in [-0.25, -0.2) is 0 Å². The number of para-hydroxylation sites is 2. The van der Waals surface area contributed by atoms with E-state index in [1.54, 1.807) is 0 Å². The largest absolute Gasteiger partial charge is 0.347 e. The zero-order chi connectivity index (χ0) is 22.2. The van der Waals surface area contributed by atoms with E-state index in [2.05, 4.69) is 117 Å². The summed E-state index contributed by atoms with van der Waals surface area (Å²) in [5.41, 5.74) is 7.75. The minimum absolute atomic E-state index is 0.0724. The van der Waals surface area contributed by atoms with E-state index < -0.39 is 0 Å². The van der Waals surface area contributed by atoms with E-state index in [0.717, 1.165) is 12.8 Å². The summed E-state index contributed by atoms with van der Waals surface area (Å²) >= 11 is 0. The van der Waals surface area contributed by atoms with Crippen molar-refractivity contribution in [3.05, 3.63) is 109 Å². The van der Waals surface area contributed by atoms with E-state index in [-0.39, 0.29) is 10.8 Å². The zero-order valence-electron chi connectivity index (χ0n) is 19.2. The van der Waals surface area contributed by atoms with Crippen molar-refractivity contribution in [2.45, 2.75) is 37.5 Å². The van der Waals surface area contributed by atoms with Crippen LogP contribution in [0, 0.1) is 0 Å². The van der Waals surface area contributed by atoms with Gasteiger partial charge in [-0.2, -0.15) is 4.58 Å². The third-order valence-electron chi connectivity index (χ3n) is 7.19. The summed E-state index contributed by atoms with van der Waals surface area (Å²) in [5, 5.41) is 0. The van der Waals surface area contributed by atoms with Crippen molar-refractivity contribution in [3.63, 3.8) is 0 Å². The maximum Gasteiger partial charge on any atom is 0.209 e. The first-order chi connectivity index (χ1) is 14.9. The van der Waals surface area contributed by atoms with Crippen molar-refractivity contribution in [1.82, 2.24) is 0 Å². The molecule has 2 aromatic carbocycles. The second kappa shape index (κ2) is 7.85. The van der Waals surface area contributed by atoms with Crippen LogP contribution in [0.2, 0.25) is 0 Å². The highest BCUT2D eigenvalue weighted by Gasteiger charge is 2.45. The van der Waals surface area contributed by atoms with Crippen molar-refractivity contribution in [2.24, 2.45) is 0 Å². The van der Waals surface area contributed by atoms with Gasteiger partial charge in [0.15, 0.2) is 5.71 Å². The predicted molar refractivity (Wildman–Crippen MR) is 134 cm³/mol. The molecule has 158 valence electrons. The van der Waals surface area contributed by atoms with Gasteiger partial charge in [-0.05, 0) is 44.4 Å². The molecule has 2 aliphatic heterocycles. The Morgan fingerprint density at radius 1 is 0.903 bits per heavy atom. The van der Waals surface area contributed by atoms with E-state index in [0.29, 0.717) is 0 Å². The summed E-state index contributed by atoms with van der Waals surface area (Å²) in [5.74, 6) is 0. The fraction of sp³-hybridized carbons (Fsp3) is 0.276. The molecule has 0 aromatic heterocycles. The number of allylic oxidation sites excluding steroid dienone is 6. The van der Waals surface area contributed by atoms with Crippen LogP contribution < -0.4 is 4.90 Å². The maximum absolute atomic E-state index is 4.03. The second-order valence-electron chi connectivity index (χ2n) is 9.10. The number of rotatable bonds is 6. The van der Waals surface area contributed by atoms with E-state index in [4.69, 9.17) is 0 Å². The van der Waals surface area contributed by atoms with Crippen LogP contribution >= 0.6 is 0 Å². The molecule has 0 spiro atoms. The lowest BCUT2D eigenvalue weighted by molar-refractivity contribution is -0.401. The second-order valence-corrected chi connectivity index (χ2v) is 9.10. The van der Waals surface area contributed by atoms with Gasteiger partial charge in [0, 0.05) is 41.6 Å². The molecule has 0 fully saturated rings. The van der Waals surface area contributed by atoms with Gasteiger partial charge in [-0.1, -0.05) is 54.6 Å². The minimum Gasteiger partial charge on any atom is -0.347 e.